The molecular formula is C45H62N2O15S3. The van der Waals surface area contributed by atoms with Crippen molar-refractivity contribution >= 4 is 53.4 Å². The Kier molecular flexibility index (Phi) is 19.8. The van der Waals surface area contributed by atoms with Gasteiger partial charge in [-0.2, -0.15) is 21.4 Å². The molecule has 2 aromatic carbocycles. The SMILES string of the molecule is CCN1/C(=C/C=C/C=C/C=C/C2=[N+](CCCCCC(=O)O)c3ccc(S(=O)(=O)O)cc3C2(C)CCCS(=O)(=O)O)C(C)(CCOCCOCCOCCOC)c2cc(S(=O)(=O)[O-])ccc21. The van der Waals surface area contributed by atoms with E-state index in [4.69, 9.17) is 24.1 Å². The lowest BCUT2D eigenvalue weighted by molar-refractivity contribution is -0.438. The molecule has 0 bridgehead atoms. The van der Waals surface area contributed by atoms with Gasteiger partial charge in [-0.3, -0.25) is 13.9 Å². The van der Waals surface area contributed by atoms with Crippen LogP contribution >= 0.6 is 0 Å². The Morgan fingerprint density at radius 1 is 0.754 bits per heavy atom. The summed E-state index contributed by atoms with van der Waals surface area (Å²) < 4.78 is 128. The molecule has 0 radical (unpaired) electrons. The number of carboxylic acid groups (broad SMARTS) is 1. The number of carbonyl (C=O) groups is 1. The lowest BCUT2D eigenvalue weighted by Crippen LogP contribution is -2.32. The summed E-state index contributed by atoms with van der Waals surface area (Å²) >= 11 is 0. The zero-order chi connectivity index (χ0) is 47.9. The average molecular weight is 967 g/mol. The van der Waals surface area contributed by atoms with Crippen LogP contribution in [0, 0.1) is 0 Å². The predicted molar refractivity (Wildman–Crippen MR) is 244 cm³/mol. The molecule has 3 N–H and O–H groups in total. The van der Waals surface area contributed by atoms with Crippen LogP contribution in [0.5, 0.6) is 0 Å². The molecule has 0 spiro atoms. The molecule has 0 saturated carbocycles. The third-order valence-electron chi connectivity index (χ3n) is 11.5. The van der Waals surface area contributed by atoms with Crippen LogP contribution in [0.25, 0.3) is 0 Å². The van der Waals surface area contributed by atoms with Crippen molar-refractivity contribution in [2.45, 2.75) is 86.3 Å². The number of carboxylic acids is 1. The van der Waals surface area contributed by atoms with Crippen LogP contribution in [0.1, 0.15) is 76.8 Å². The van der Waals surface area contributed by atoms with Gasteiger partial charge in [0.1, 0.15) is 16.7 Å². The molecule has 17 nitrogen and oxygen atoms in total. The number of rotatable bonds is 29. The van der Waals surface area contributed by atoms with Crippen LogP contribution in [-0.4, -0.2) is 132 Å². The van der Waals surface area contributed by atoms with E-state index in [9.17, 15) is 43.7 Å². The second-order valence-electron chi connectivity index (χ2n) is 16.1. The normalized spacial score (nSPS) is 19.7. The summed E-state index contributed by atoms with van der Waals surface area (Å²) in [6, 6.07) is 8.67. The number of methoxy groups -OCH3 is 1. The van der Waals surface area contributed by atoms with Crippen molar-refractivity contribution in [1.82, 2.24) is 0 Å². The van der Waals surface area contributed by atoms with Crippen LogP contribution in [0.15, 0.2) is 94.4 Å². The molecule has 2 atom stereocenters. The van der Waals surface area contributed by atoms with Gasteiger partial charge in [0.2, 0.25) is 5.69 Å². The molecule has 0 amide bonds. The molecule has 2 unspecified atom stereocenters. The first-order chi connectivity index (χ1) is 30.7. The zero-order valence-corrected chi connectivity index (χ0v) is 39.8. The number of aliphatic carboxylic acids is 1. The number of fused-ring (bicyclic) bond motifs is 2. The first-order valence-corrected chi connectivity index (χ1v) is 25.9. The number of hydrogen-bond donors (Lipinski definition) is 3. The number of allylic oxidation sites excluding steroid dienone is 8. The molecule has 2 heterocycles. The topological polar surface area (TPSA) is 246 Å². The van der Waals surface area contributed by atoms with Crippen molar-refractivity contribution in [3.63, 3.8) is 0 Å². The van der Waals surface area contributed by atoms with Crippen molar-refractivity contribution in [2.24, 2.45) is 0 Å². The minimum atomic E-state index is -4.73. The van der Waals surface area contributed by atoms with Gasteiger partial charge < -0.3 is 33.5 Å². The molecule has 0 aliphatic carbocycles. The molecular weight excluding hydrogens is 905 g/mol. The molecule has 360 valence electrons. The number of likely N-dealkylation sites (N-methyl/N-ethyl adjacent to an activating group) is 1. The van der Waals surface area contributed by atoms with Gasteiger partial charge in [0.25, 0.3) is 20.2 Å². The summed E-state index contributed by atoms with van der Waals surface area (Å²) in [5.74, 6) is -1.42. The number of unbranched alkanes of at least 4 members (excludes halogenated alkanes) is 2. The first kappa shape index (κ1) is 53.5. The monoisotopic (exact) mass is 966 g/mol. The van der Waals surface area contributed by atoms with Crippen molar-refractivity contribution in [1.29, 1.82) is 0 Å². The van der Waals surface area contributed by atoms with Crippen molar-refractivity contribution in [2.75, 3.05) is 77.1 Å². The van der Waals surface area contributed by atoms with E-state index in [-0.39, 0.29) is 29.1 Å². The highest BCUT2D eigenvalue weighted by molar-refractivity contribution is 7.86. The second-order valence-corrected chi connectivity index (χ2v) is 20.5. The quantitative estimate of drug-likeness (QED) is 0.0369. The number of hydrogen-bond acceptors (Lipinski definition) is 13. The lowest BCUT2D eigenvalue weighted by Gasteiger charge is -2.30. The highest BCUT2D eigenvalue weighted by atomic mass is 32.2. The summed E-state index contributed by atoms with van der Waals surface area (Å²) in [6.07, 6.45) is 15.2. The van der Waals surface area contributed by atoms with E-state index >= 15 is 0 Å². The molecule has 4 rings (SSSR count). The third kappa shape index (κ3) is 15.0. The van der Waals surface area contributed by atoms with Crippen molar-refractivity contribution in [3.8, 4) is 0 Å². The number of nitrogens with zero attached hydrogens (tertiary/aromatic N) is 2. The molecule has 2 aromatic rings. The van der Waals surface area contributed by atoms with Gasteiger partial charge >= 0.3 is 5.97 Å². The molecule has 20 heteroatoms. The number of ether oxygens (including phenoxy) is 4. The van der Waals surface area contributed by atoms with Crippen LogP contribution in [0.2, 0.25) is 0 Å². The molecule has 0 aromatic heterocycles. The average Bonchev–Trinajstić information content (AvgIpc) is 3.60. The zero-order valence-electron chi connectivity index (χ0n) is 37.4. The van der Waals surface area contributed by atoms with Gasteiger partial charge in [0, 0.05) is 67.6 Å². The highest BCUT2D eigenvalue weighted by Crippen LogP contribution is 2.50. The van der Waals surface area contributed by atoms with Gasteiger partial charge in [0.15, 0.2) is 5.71 Å². The molecule has 0 fully saturated rings. The summed E-state index contributed by atoms with van der Waals surface area (Å²) in [5, 5.41) is 9.12. The largest absolute Gasteiger partial charge is 0.744 e. The van der Waals surface area contributed by atoms with Gasteiger partial charge in [-0.05, 0) is 94.8 Å². The van der Waals surface area contributed by atoms with E-state index in [0.29, 0.717) is 108 Å². The minimum absolute atomic E-state index is 0.0142. The van der Waals surface area contributed by atoms with Gasteiger partial charge in [-0.15, -0.1) is 0 Å². The fraction of sp³-hybridized carbons (Fsp3) is 0.511. The maximum atomic E-state index is 12.2. The standard InChI is InChI=1S/C45H62N2O15S3/c1-5-46-39-20-18-35(64(53,54)55)33-37(39)45(3,23-25-60-28-29-62-31-30-61-27-26-59-4)41(46)15-10-7-6-8-11-16-42-44(2,22-14-32-63(50,51)52)38-34-36(65(56,57)58)19-21-40(38)47(42)24-13-9-12-17-43(48)49/h6-8,10-11,15-16,18-21,33-34H,5,9,12-14,17,22-32H2,1-4H3,(H3-,48,49,50,51,52,53,54,55,56,57,58). The highest BCUT2D eigenvalue weighted by Gasteiger charge is 2.48. The van der Waals surface area contributed by atoms with Crippen LogP contribution < -0.4 is 4.90 Å². The van der Waals surface area contributed by atoms with Crippen LogP contribution in [-0.2, 0) is 64.9 Å². The summed E-state index contributed by atoms with van der Waals surface area (Å²) in [5.41, 5.74) is 2.54. The Morgan fingerprint density at radius 2 is 1.37 bits per heavy atom. The molecule has 65 heavy (non-hydrogen) atoms. The van der Waals surface area contributed by atoms with E-state index in [1.54, 1.807) is 37.5 Å². The van der Waals surface area contributed by atoms with Crippen molar-refractivity contribution < 1.29 is 72.3 Å². The maximum absolute atomic E-state index is 12.2. The van der Waals surface area contributed by atoms with Gasteiger partial charge in [0.05, 0.1) is 60.6 Å². The van der Waals surface area contributed by atoms with E-state index in [2.05, 4.69) is 4.90 Å². The minimum Gasteiger partial charge on any atom is -0.744 e. The Bertz CT molecular complexity index is 2460. The van der Waals surface area contributed by atoms with E-state index in [0.717, 1.165) is 11.4 Å². The fourth-order valence-corrected chi connectivity index (χ4v) is 9.78. The Hall–Kier alpha value is -4.09. The van der Waals surface area contributed by atoms with Gasteiger partial charge in [-0.25, -0.2) is 8.42 Å². The van der Waals surface area contributed by atoms with Gasteiger partial charge in [-0.1, -0.05) is 30.4 Å². The predicted octanol–water partition coefficient (Wildman–Crippen LogP) is 5.94. The molecule has 2 aliphatic heterocycles. The second kappa shape index (κ2) is 24.1. The third-order valence-corrected chi connectivity index (χ3v) is 14.0. The Morgan fingerprint density at radius 3 is 1.98 bits per heavy atom. The van der Waals surface area contributed by atoms with E-state index < -0.39 is 52.9 Å². The number of anilines is 1. The number of benzene rings is 2. The Balaban J connectivity index is 1.61. The smallest absolute Gasteiger partial charge is 0.303 e. The van der Waals surface area contributed by atoms with Crippen molar-refractivity contribution in [3.05, 3.63) is 95.8 Å². The van der Waals surface area contributed by atoms with Crippen LogP contribution in [0.4, 0.5) is 11.4 Å². The molecule has 0 saturated heterocycles. The Labute approximate surface area is 383 Å². The lowest BCUT2D eigenvalue weighted by atomic mass is 9.76. The maximum Gasteiger partial charge on any atom is 0.303 e. The first-order valence-electron chi connectivity index (χ1n) is 21.4. The van der Waals surface area contributed by atoms with E-state index in [1.165, 1.54) is 24.3 Å². The fourth-order valence-electron chi connectivity index (χ4n) is 8.26. The van der Waals surface area contributed by atoms with Crippen LogP contribution in [0.3, 0.4) is 0 Å². The molecule has 2 aliphatic rings. The van der Waals surface area contributed by atoms with E-state index in [1.807, 2.05) is 49.7 Å². The summed E-state index contributed by atoms with van der Waals surface area (Å²) in [6.45, 7) is 9.60. The summed E-state index contributed by atoms with van der Waals surface area (Å²) in [4.78, 5) is 12.5. The summed E-state index contributed by atoms with van der Waals surface area (Å²) in [7, 11) is -12.0.